The van der Waals surface area contributed by atoms with Crippen LogP contribution in [0.15, 0.2) is 41.7 Å². The number of hydrogen-bond donors (Lipinski definition) is 3. The van der Waals surface area contributed by atoms with Gasteiger partial charge in [-0.2, -0.15) is 13.2 Å². The lowest BCUT2D eigenvalue weighted by Crippen LogP contribution is -2.19. The number of fused-ring (bicyclic) bond motifs is 1. The average molecular weight is 480 g/mol. The van der Waals surface area contributed by atoms with E-state index in [0.717, 1.165) is 5.52 Å². The van der Waals surface area contributed by atoms with Crippen molar-refractivity contribution in [1.82, 2.24) is 15.0 Å². The summed E-state index contributed by atoms with van der Waals surface area (Å²) in [6, 6.07) is 8.62. The summed E-state index contributed by atoms with van der Waals surface area (Å²) in [7, 11) is -1.51. The van der Waals surface area contributed by atoms with Crippen LogP contribution in [0.2, 0.25) is 0 Å². The number of aliphatic hydroxyl groups excluding tert-OH is 2. The number of rotatable bonds is 6. The smallest absolute Gasteiger partial charge is 0.422 e. The van der Waals surface area contributed by atoms with Crippen molar-refractivity contribution in [1.29, 1.82) is 0 Å². The van der Waals surface area contributed by atoms with E-state index < -0.39 is 35.2 Å². The number of ether oxygens (including phenoxy) is 1. The summed E-state index contributed by atoms with van der Waals surface area (Å²) >= 11 is 4.92. The molecule has 3 N–H and O–H groups in total. The Labute approximate surface area is 183 Å². The molecule has 7 nitrogen and oxygen atoms in total. The standard InChI is InChI=1S/C16H14F3N3O2S.C3H7ClO2/c1-10-13(20-7-6-14(10)24-9-16(17,18)19)8-25(23)15-21-11-4-2-3-5-12(11)22-15;1-2(5)3(4)6/h2-7H,8-9H2,1H3,(H,21,22);2-3,5-6H,1H3/t25-;/m1./s1. The fourth-order valence-electron chi connectivity index (χ4n) is 2.25. The molecule has 31 heavy (non-hydrogen) atoms. The molecule has 0 saturated carbocycles. The fourth-order valence-corrected chi connectivity index (χ4v) is 3.35. The van der Waals surface area contributed by atoms with Crippen LogP contribution in [0.5, 0.6) is 5.75 Å². The Morgan fingerprint density at radius 1 is 1.26 bits per heavy atom. The second-order valence-corrected chi connectivity index (χ2v) is 8.26. The van der Waals surface area contributed by atoms with E-state index in [-0.39, 0.29) is 11.5 Å². The molecule has 2 unspecified atom stereocenters. The molecule has 3 atom stereocenters. The first-order chi connectivity index (χ1) is 14.5. The van der Waals surface area contributed by atoms with Crippen molar-refractivity contribution in [2.24, 2.45) is 0 Å². The molecule has 0 aliphatic carbocycles. The number of imidazole rings is 1. The number of pyridine rings is 1. The largest absolute Gasteiger partial charge is 0.484 e. The first-order valence-electron chi connectivity index (χ1n) is 8.95. The predicted octanol–water partition coefficient (Wildman–Crippen LogP) is 3.44. The number of para-hydroxylation sites is 2. The van der Waals surface area contributed by atoms with Gasteiger partial charge >= 0.3 is 6.18 Å². The second kappa shape index (κ2) is 10.9. The van der Waals surface area contributed by atoms with Gasteiger partial charge in [0.1, 0.15) is 5.75 Å². The predicted molar refractivity (Wildman–Crippen MR) is 110 cm³/mol. The van der Waals surface area contributed by atoms with Gasteiger partial charge in [-0.1, -0.05) is 23.7 Å². The van der Waals surface area contributed by atoms with Gasteiger partial charge in [0.15, 0.2) is 17.3 Å². The SMILES string of the molecule is CC(O)C(O)Cl.Cc1c(OCC(F)(F)F)ccnc1C[S@@](=O)c1nc2ccccc2[nH]1. The van der Waals surface area contributed by atoms with Crippen molar-refractivity contribution < 1.29 is 32.3 Å². The van der Waals surface area contributed by atoms with Crippen molar-refractivity contribution in [2.45, 2.75) is 42.6 Å². The topological polar surface area (TPSA) is 108 Å². The molecule has 0 aliphatic rings. The molecule has 0 bridgehead atoms. The van der Waals surface area contributed by atoms with E-state index in [9.17, 15) is 17.4 Å². The molecule has 2 aromatic heterocycles. The second-order valence-electron chi connectivity index (χ2n) is 6.45. The van der Waals surface area contributed by atoms with Crippen LogP contribution < -0.4 is 4.74 Å². The number of aliphatic hydroxyl groups is 2. The summed E-state index contributed by atoms with van der Waals surface area (Å²) < 4.78 is 54.2. The van der Waals surface area contributed by atoms with Gasteiger partial charge in [0.2, 0.25) is 0 Å². The van der Waals surface area contributed by atoms with Crippen molar-refractivity contribution in [2.75, 3.05) is 6.61 Å². The third-order valence-electron chi connectivity index (χ3n) is 3.90. The Hall–Kier alpha value is -2.21. The van der Waals surface area contributed by atoms with Gasteiger partial charge in [-0.15, -0.1) is 0 Å². The van der Waals surface area contributed by atoms with Gasteiger partial charge in [0.05, 0.1) is 39.4 Å². The third-order valence-corrected chi connectivity index (χ3v) is 5.42. The Bertz CT molecular complexity index is 989. The van der Waals surface area contributed by atoms with E-state index in [0.29, 0.717) is 21.9 Å². The lowest BCUT2D eigenvalue weighted by Gasteiger charge is -2.13. The number of hydrogen-bond acceptors (Lipinski definition) is 6. The van der Waals surface area contributed by atoms with Crippen molar-refractivity contribution in [3.8, 4) is 5.75 Å². The van der Waals surface area contributed by atoms with Gasteiger partial charge in [0, 0.05) is 11.8 Å². The molecule has 0 fully saturated rings. The highest BCUT2D eigenvalue weighted by Gasteiger charge is 2.29. The van der Waals surface area contributed by atoms with E-state index in [4.69, 9.17) is 26.6 Å². The maximum absolute atomic E-state index is 12.5. The summed E-state index contributed by atoms with van der Waals surface area (Å²) in [5.74, 6) is 0.0958. The van der Waals surface area contributed by atoms with E-state index in [2.05, 4.69) is 15.0 Å². The fraction of sp³-hybridized carbons (Fsp3) is 0.368. The number of H-pyrrole nitrogens is 1. The summed E-state index contributed by atoms with van der Waals surface area (Å²) in [5.41, 5.74) is 1.16. The maximum atomic E-state index is 12.5. The maximum Gasteiger partial charge on any atom is 0.422 e. The minimum atomic E-state index is -4.42. The number of nitrogens with zero attached hydrogens (tertiary/aromatic N) is 2. The van der Waals surface area contributed by atoms with Crippen LogP contribution in [0.4, 0.5) is 13.2 Å². The van der Waals surface area contributed by atoms with Crippen LogP contribution in [0, 0.1) is 6.92 Å². The molecule has 0 spiro atoms. The average Bonchev–Trinajstić information content (AvgIpc) is 3.13. The van der Waals surface area contributed by atoms with E-state index in [1.165, 1.54) is 19.2 Å². The van der Waals surface area contributed by atoms with Gasteiger partial charge in [-0.3, -0.25) is 9.19 Å². The summed E-state index contributed by atoms with van der Waals surface area (Å²) in [4.78, 5) is 11.3. The first kappa shape index (κ1) is 25.1. The Kier molecular flexibility index (Phi) is 8.80. The first-order valence-corrected chi connectivity index (χ1v) is 10.7. The van der Waals surface area contributed by atoms with Crippen molar-refractivity contribution in [3.05, 3.63) is 47.8 Å². The highest BCUT2D eigenvalue weighted by atomic mass is 35.5. The lowest BCUT2D eigenvalue weighted by molar-refractivity contribution is -0.153. The van der Waals surface area contributed by atoms with Crippen molar-refractivity contribution in [3.63, 3.8) is 0 Å². The lowest BCUT2D eigenvalue weighted by atomic mass is 10.2. The molecular formula is C19H21ClF3N3O4S. The molecule has 2 heterocycles. The minimum Gasteiger partial charge on any atom is -0.484 e. The van der Waals surface area contributed by atoms with Gasteiger partial charge < -0.3 is 19.9 Å². The molecule has 12 heteroatoms. The Morgan fingerprint density at radius 3 is 2.48 bits per heavy atom. The molecule has 3 aromatic rings. The van der Waals surface area contributed by atoms with Crippen LogP contribution in [0.1, 0.15) is 18.2 Å². The summed E-state index contributed by atoms with van der Waals surface area (Å²) in [5, 5.41) is 16.7. The zero-order chi connectivity index (χ0) is 23.2. The van der Waals surface area contributed by atoms with Gasteiger partial charge in [-0.25, -0.2) is 4.98 Å². The molecule has 1 aromatic carbocycles. The van der Waals surface area contributed by atoms with Crippen LogP contribution >= 0.6 is 11.6 Å². The number of nitrogens with one attached hydrogen (secondary N) is 1. The summed E-state index contributed by atoms with van der Waals surface area (Å²) in [6.45, 7) is 1.62. The summed E-state index contributed by atoms with van der Waals surface area (Å²) in [6.07, 6.45) is -3.91. The third kappa shape index (κ3) is 7.76. The minimum absolute atomic E-state index is 0.0227. The Morgan fingerprint density at radius 2 is 1.90 bits per heavy atom. The number of aromatic amines is 1. The highest BCUT2D eigenvalue weighted by Crippen LogP contribution is 2.24. The van der Waals surface area contributed by atoms with E-state index >= 15 is 0 Å². The normalized spacial score (nSPS) is 14.5. The number of halogens is 4. The Balaban J connectivity index is 0.000000501. The quantitative estimate of drug-likeness (QED) is 0.467. The van der Waals surface area contributed by atoms with Crippen molar-refractivity contribution >= 4 is 33.4 Å². The zero-order valence-electron chi connectivity index (χ0n) is 16.6. The number of alkyl halides is 4. The van der Waals surface area contributed by atoms with Gasteiger partial charge in [-0.05, 0) is 32.0 Å². The van der Waals surface area contributed by atoms with Crippen LogP contribution in [0.25, 0.3) is 11.0 Å². The molecule has 0 saturated heterocycles. The molecule has 0 amide bonds. The molecule has 0 radical (unpaired) electrons. The van der Waals surface area contributed by atoms with Crippen LogP contribution in [0.3, 0.4) is 0 Å². The van der Waals surface area contributed by atoms with E-state index in [1.807, 2.05) is 18.2 Å². The van der Waals surface area contributed by atoms with Crippen LogP contribution in [-0.2, 0) is 16.6 Å². The molecule has 0 aliphatic heterocycles. The molecule has 170 valence electrons. The number of benzene rings is 1. The molecule has 3 rings (SSSR count). The van der Waals surface area contributed by atoms with Gasteiger partial charge in [0.25, 0.3) is 0 Å². The van der Waals surface area contributed by atoms with Crippen LogP contribution in [-0.4, -0.2) is 53.8 Å². The zero-order valence-corrected chi connectivity index (χ0v) is 18.1. The monoisotopic (exact) mass is 479 g/mol. The molecular weight excluding hydrogens is 459 g/mol. The van der Waals surface area contributed by atoms with E-state index in [1.54, 1.807) is 13.0 Å². The number of aromatic nitrogens is 3. The highest BCUT2D eigenvalue weighted by molar-refractivity contribution is 7.84.